The third-order valence-electron chi connectivity index (χ3n) is 4.52. The Hall–Kier alpha value is -2.06. The largest absolute Gasteiger partial charge is 0.477 e. The summed E-state index contributed by atoms with van der Waals surface area (Å²) in [4.78, 5) is 18.1. The van der Waals surface area contributed by atoms with Crippen molar-refractivity contribution in [2.45, 2.75) is 13.0 Å². The molecule has 0 radical (unpaired) electrons. The van der Waals surface area contributed by atoms with Gasteiger partial charge in [0.05, 0.1) is 17.1 Å². The maximum atomic E-state index is 13.2. The summed E-state index contributed by atoms with van der Waals surface area (Å²) in [6.07, 6.45) is 3.40. The van der Waals surface area contributed by atoms with Gasteiger partial charge < -0.3 is 5.11 Å². The molecule has 0 aliphatic rings. The van der Waals surface area contributed by atoms with Gasteiger partial charge in [-0.05, 0) is 25.1 Å². The summed E-state index contributed by atoms with van der Waals surface area (Å²) in [6.45, 7) is 1.90. The minimum Gasteiger partial charge on any atom is -0.477 e. The van der Waals surface area contributed by atoms with Gasteiger partial charge in [-0.25, -0.2) is 14.5 Å². The number of aryl methyl sites for hydroxylation is 1. The van der Waals surface area contributed by atoms with E-state index in [1.54, 1.807) is 53.0 Å². The zero-order chi connectivity index (χ0) is 20.2. The van der Waals surface area contributed by atoms with E-state index in [0.29, 0.717) is 25.7 Å². The van der Waals surface area contributed by atoms with Crippen molar-refractivity contribution in [2.75, 3.05) is 0 Å². The van der Waals surface area contributed by atoms with E-state index >= 15 is 0 Å². The Balaban J connectivity index is 2.09. The molecule has 1 aromatic carbocycles. The topological polar surface area (TPSA) is 63.4 Å². The molecule has 0 saturated heterocycles. The van der Waals surface area contributed by atoms with Crippen molar-refractivity contribution in [3.05, 3.63) is 66.4 Å². The Morgan fingerprint density at radius 1 is 1.21 bits per heavy atom. The predicted octanol–water partition coefficient (Wildman–Crippen LogP) is 4.32. The molecule has 0 aliphatic carbocycles. The van der Waals surface area contributed by atoms with Crippen LogP contribution >= 0.6 is 46.1 Å². The number of rotatable bonds is 3. The molecule has 0 aliphatic heterocycles. The Kier molecular flexibility index (Phi) is 4.87. The Morgan fingerprint density at radius 2 is 1.89 bits per heavy atom. The number of benzene rings is 1. The first-order chi connectivity index (χ1) is 13.3. The molecule has 1 atom stereocenters. The van der Waals surface area contributed by atoms with Crippen molar-refractivity contribution in [3.8, 4) is 17.0 Å². The molecule has 1 N–H and O–H groups in total. The van der Waals surface area contributed by atoms with Crippen LogP contribution < -0.4 is 10.1 Å². The van der Waals surface area contributed by atoms with Crippen molar-refractivity contribution < 1.29 is 9.67 Å². The van der Waals surface area contributed by atoms with Gasteiger partial charge in [0, 0.05) is 28.9 Å². The van der Waals surface area contributed by atoms with Crippen LogP contribution in [0.3, 0.4) is 0 Å². The highest BCUT2D eigenvalue weighted by molar-refractivity contribution is 7.15. The highest BCUT2D eigenvalue weighted by atomic mass is 35.5. The minimum absolute atomic E-state index is 0.103. The third kappa shape index (κ3) is 3.08. The van der Waals surface area contributed by atoms with Crippen LogP contribution in [0.2, 0.25) is 14.5 Å². The van der Waals surface area contributed by atoms with Crippen molar-refractivity contribution in [1.82, 2.24) is 14.2 Å². The van der Waals surface area contributed by atoms with Gasteiger partial charge >= 0.3 is 11.2 Å². The van der Waals surface area contributed by atoms with Crippen molar-refractivity contribution >= 4 is 51.8 Å². The fourth-order valence-corrected chi connectivity index (χ4v) is 4.77. The number of halogens is 3. The zero-order valence-corrected chi connectivity index (χ0v) is 17.8. The van der Waals surface area contributed by atoms with Gasteiger partial charge in [-0.15, -0.1) is 11.3 Å². The summed E-state index contributed by atoms with van der Waals surface area (Å²) >= 11 is 19.6. The number of nitrogens with zero attached hydrogens (tertiary/aromatic N) is 4. The fraction of sp³-hybridized carbons (Fsp3) is 0.167. The van der Waals surface area contributed by atoms with E-state index in [1.165, 1.54) is 15.9 Å². The molecule has 3 aromatic heterocycles. The number of aromatic hydroxyl groups is 1. The molecular weight excluding hydrogens is 443 g/mol. The van der Waals surface area contributed by atoms with Crippen LogP contribution in [0.15, 0.2) is 41.5 Å². The summed E-state index contributed by atoms with van der Waals surface area (Å²) in [5.74, 6) is -0.188. The highest BCUT2D eigenvalue weighted by Crippen LogP contribution is 2.32. The summed E-state index contributed by atoms with van der Waals surface area (Å²) < 4.78 is 5.19. The first-order valence-electron chi connectivity index (χ1n) is 8.20. The lowest BCUT2D eigenvalue weighted by atomic mass is 10.1. The van der Waals surface area contributed by atoms with Crippen molar-refractivity contribution in [1.29, 1.82) is 0 Å². The van der Waals surface area contributed by atoms with Crippen LogP contribution in [-0.4, -0.2) is 19.3 Å². The highest BCUT2D eigenvalue weighted by Gasteiger charge is 2.31. The molecule has 4 rings (SSSR count). The molecule has 6 nitrogen and oxygen atoms in total. The number of thiazole rings is 1. The second-order valence-corrected chi connectivity index (χ2v) is 8.80. The quantitative estimate of drug-likeness (QED) is 0.467. The number of fused-ring (bicyclic) bond motifs is 1. The fourth-order valence-electron chi connectivity index (χ4n) is 3.25. The molecular formula is C18H14Cl3N4O2S+. The van der Waals surface area contributed by atoms with Crippen LogP contribution in [-0.2, 0) is 7.05 Å². The molecule has 0 saturated carbocycles. The SMILES string of the molecule is CC(c1cnc(Cl)s1)[n+]1c(O)c(-c2cc(Cl)cc(Cl)c2)c(=O)n2c1ccn2C. The van der Waals surface area contributed by atoms with E-state index < -0.39 is 0 Å². The van der Waals surface area contributed by atoms with Gasteiger partial charge in [0.2, 0.25) is 0 Å². The van der Waals surface area contributed by atoms with Crippen molar-refractivity contribution in [3.63, 3.8) is 0 Å². The lowest BCUT2D eigenvalue weighted by Crippen LogP contribution is -2.44. The summed E-state index contributed by atoms with van der Waals surface area (Å²) in [5, 5.41) is 11.9. The van der Waals surface area contributed by atoms with Gasteiger partial charge in [-0.3, -0.25) is 0 Å². The maximum Gasteiger partial charge on any atom is 0.373 e. The van der Waals surface area contributed by atoms with E-state index in [9.17, 15) is 9.90 Å². The predicted molar refractivity (Wildman–Crippen MR) is 111 cm³/mol. The Labute approximate surface area is 178 Å². The summed E-state index contributed by atoms with van der Waals surface area (Å²) in [7, 11) is 1.75. The number of aromatic nitrogens is 4. The van der Waals surface area contributed by atoms with Gasteiger partial charge in [0.1, 0.15) is 6.04 Å². The smallest absolute Gasteiger partial charge is 0.373 e. The summed E-state index contributed by atoms with van der Waals surface area (Å²) in [5.41, 5.74) is 0.674. The second-order valence-electron chi connectivity index (χ2n) is 6.28. The molecule has 0 bridgehead atoms. The number of hydrogen-bond donors (Lipinski definition) is 1. The molecule has 0 fully saturated rings. The van der Waals surface area contributed by atoms with Gasteiger partial charge in [-0.2, -0.15) is 4.57 Å². The van der Waals surface area contributed by atoms with Gasteiger partial charge in [-0.1, -0.05) is 39.3 Å². The number of hydrogen-bond acceptors (Lipinski definition) is 4. The molecule has 0 amide bonds. The molecule has 144 valence electrons. The van der Waals surface area contributed by atoms with Crippen LogP contribution in [0, 0.1) is 0 Å². The standard InChI is InChI=1S/C18H13Cl3N4O2S/c1-9(13-8-22-18(21)28-13)24-14-3-4-23(2)25(14)17(27)15(16(24)26)10-5-11(19)7-12(20)6-10/h3-9H,1-2H3/p+1. The first-order valence-corrected chi connectivity index (χ1v) is 10.2. The van der Waals surface area contributed by atoms with E-state index in [1.807, 2.05) is 6.92 Å². The van der Waals surface area contributed by atoms with Gasteiger partial charge in [0.25, 0.3) is 5.88 Å². The van der Waals surface area contributed by atoms with Crippen LogP contribution in [0.4, 0.5) is 0 Å². The Morgan fingerprint density at radius 3 is 2.50 bits per heavy atom. The second kappa shape index (κ2) is 7.08. The van der Waals surface area contributed by atoms with Crippen molar-refractivity contribution in [2.24, 2.45) is 7.05 Å². The van der Waals surface area contributed by atoms with Crippen LogP contribution in [0.5, 0.6) is 5.88 Å². The lowest BCUT2D eigenvalue weighted by Gasteiger charge is -2.13. The van der Waals surface area contributed by atoms with Crippen LogP contribution in [0.1, 0.15) is 17.8 Å². The molecule has 28 heavy (non-hydrogen) atoms. The van der Waals surface area contributed by atoms with Crippen LogP contribution in [0.25, 0.3) is 16.8 Å². The molecule has 3 heterocycles. The average Bonchev–Trinajstić information content (AvgIpc) is 3.20. The molecule has 1 unspecified atom stereocenters. The van der Waals surface area contributed by atoms with E-state index in [0.717, 1.165) is 4.88 Å². The zero-order valence-electron chi connectivity index (χ0n) is 14.7. The maximum absolute atomic E-state index is 13.2. The molecule has 4 aromatic rings. The average molecular weight is 457 g/mol. The third-order valence-corrected chi connectivity index (χ3v) is 6.24. The van der Waals surface area contributed by atoms with E-state index in [4.69, 9.17) is 34.8 Å². The minimum atomic E-state index is -0.385. The Bertz CT molecular complexity index is 1260. The first kappa shape index (κ1) is 19.3. The lowest BCUT2D eigenvalue weighted by molar-refractivity contribution is -0.693. The molecule has 10 heteroatoms. The summed E-state index contributed by atoms with van der Waals surface area (Å²) in [6, 6.07) is 6.19. The monoisotopic (exact) mass is 455 g/mol. The van der Waals surface area contributed by atoms with E-state index in [2.05, 4.69) is 4.98 Å². The normalized spacial score (nSPS) is 12.6. The van der Waals surface area contributed by atoms with Gasteiger partial charge in [0.15, 0.2) is 10.0 Å². The van der Waals surface area contributed by atoms with E-state index in [-0.39, 0.29) is 23.0 Å². The molecule has 0 spiro atoms.